The largest absolute Gasteiger partial charge is 0.466 e. The van der Waals surface area contributed by atoms with E-state index in [4.69, 9.17) is 9.47 Å². The van der Waals surface area contributed by atoms with Crippen LogP contribution in [0.5, 0.6) is 0 Å². The van der Waals surface area contributed by atoms with Crippen molar-refractivity contribution in [3.8, 4) is 0 Å². The van der Waals surface area contributed by atoms with E-state index >= 15 is 0 Å². The number of hydrogen-bond donors (Lipinski definition) is 0. The molecule has 1 unspecified atom stereocenters. The number of amides is 1. The van der Waals surface area contributed by atoms with Crippen LogP contribution in [0.15, 0.2) is 24.3 Å². The zero-order valence-electron chi connectivity index (χ0n) is 13.6. The normalized spacial score (nSPS) is 17.6. The number of fused-ring (bicyclic) bond motifs is 1. The fourth-order valence-electron chi connectivity index (χ4n) is 2.56. The Labute approximate surface area is 131 Å². The molecule has 0 saturated carbocycles. The molecule has 1 atom stereocenters. The molecular weight excluding hydrogens is 282 g/mol. The zero-order valence-corrected chi connectivity index (χ0v) is 13.6. The standard InChI is InChI=1S/C17H23NO4/c1-5-21-15(19)13-10-11-18(16(20)22-17(2,3)4)14-9-7-6-8-12(13)14/h6-9,13H,5,10-11H2,1-4H3. The van der Waals surface area contributed by atoms with E-state index in [0.29, 0.717) is 19.6 Å². The summed E-state index contributed by atoms with van der Waals surface area (Å²) in [6, 6.07) is 7.42. The van der Waals surface area contributed by atoms with Crippen molar-refractivity contribution in [3.05, 3.63) is 29.8 Å². The molecule has 5 nitrogen and oxygen atoms in total. The summed E-state index contributed by atoms with van der Waals surface area (Å²) in [4.78, 5) is 26.1. The first-order valence-corrected chi connectivity index (χ1v) is 7.59. The second kappa shape index (κ2) is 6.38. The van der Waals surface area contributed by atoms with Crippen molar-refractivity contribution in [2.24, 2.45) is 0 Å². The Morgan fingerprint density at radius 1 is 1.27 bits per heavy atom. The summed E-state index contributed by atoms with van der Waals surface area (Å²) in [6.45, 7) is 8.09. The number of esters is 1. The van der Waals surface area contributed by atoms with E-state index in [1.54, 1.807) is 11.8 Å². The maximum Gasteiger partial charge on any atom is 0.414 e. The van der Waals surface area contributed by atoms with Crippen LogP contribution in [0.2, 0.25) is 0 Å². The Bertz CT molecular complexity index is 562. The summed E-state index contributed by atoms with van der Waals surface area (Å²) in [5.74, 6) is -0.561. The molecule has 1 heterocycles. The summed E-state index contributed by atoms with van der Waals surface area (Å²) >= 11 is 0. The van der Waals surface area contributed by atoms with Crippen molar-refractivity contribution in [1.82, 2.24) is 0 Å². The minimum atomic E-state index is -0.552. The van der Waals surface area contributed by atoms with E-state index in [1.165, 1.54) is 0 Å². The first-order valence-electron chi connectivity index (χ1n) is 7.59. The predicted octanol–water partition coefficient (Wildman–Crippen LogP) is 3.48. The van der Waals surface area contributed by atoms with E-state index in [0.717, 1.165) is 11.3 Å². The highest BCUT2D eigenvalue weighted by atomic mass is 16.6. The smallest absolute Gasteiger partial charge is 0.414 e. The Hall–Kier alpha value is -2.04. The first-order chi connectivity index (χ1) is 10.3. The summed E-state index contributed by atoms with van der Waals surface area (Å²) < 4.78 is 10.6. The molecule has 1 aliphatic rings. The monoisotopic (exact) mass is 305 g/mol. The number of anilines is 1. The van der Waals surface area contributed by atoms with Crippen LogP contribution in [0.4, 0.5) is 10.5 Å². The molecule has 5 heteroatoms. The van der Waals surface area contributed by atoms with Gasteiger partial charge in [-0.2, -0.15) is 0 Å². The quantitative estimate of drug-likeness (QED) is 0.785. The van der Waals surface area contributed by atoms with Gasteiger partial charge in [0.25, 0.3) is 0 Å². The zero-order chi connectivity index (χ0) is 16.3. The number of hydrogen-bond acceptors (Lipinski definition) is 4. The molecule has 0 fully saturated rings. The molecule has 22 heavy (non-hydrogen) atoms. The van der Waals surface area contributed by atoms with Gasteiger partial charge in [0.1, 0.15) is 5.60 Å². The Morgan fingerprint density at radius 2 is 1.95 bits per heavy atom. The van der Waals surface area contributed by atoms with Crippen LogP contribution in [0, 0.1) is 0 Å². The Balaban J connectivity index is 2.28. The maximum atomic E-state index is 12.4. The molecule has 0 N–H and O–H groups in total. The van der Waals surface area contributed by atoms with Gasteiger partial charge in [0.2, 0.25) is 0 Å². The minimum absolute atomic E-state index is 0.237. The van der Waals surface area contributed by atoms with Gasteiger partial charge in [-0.25, -0.2) is 4.79 Å². The molecule has 1 aromatic carbocycles. The van der Waals surface area contributed by atoms with Crippen LogP contribution in [-0.4, -0.2) is 30.8 Å². The highest BCUT2D eigenvalue weighted by Crippen LogP contribution is 2.36. The topological polar surface area (TPSA) is 55.8 Å². The lowest BCUT2D eigenvalue weighted by molar-refractivity contribution is -0.145. The van der Waals surface area contributed by atoms with Gasteiger partial charge in [-0.3, -0.25) is 9.69 Å². The van der Waals surface area contributed by atoms with Crippen LogP contribution in [0.3, 0.4) is 0 Å². The van der Waals surface area contributed by atoms with E-state index in [-0.39, 0.29) is 18.0 Å². The molecule has 0 saturated heterocycles. The number of rotatable bonds is 2. The van der Waals surface area contributed by atoms with Gasteiger partial charge in [0, 0.05) is 6.54 Å². The molecule has 0 aliphatic carbocycles. The van der Waals surface area contributed by atoms with Gasteiger partial charge in [-0.05, 0) is 45.7 Å². The lowest BCUT2D eigenvalue weighted by Gasteiger charge is -2.34. The first kappa shape index (κ1) is 16.3. The van der Waals surface area contributed by atoms with Crippen molar-refractivity contribution in [2.45, 2.75) is 45.6 Å². The predicted molar refractivity (Wildman–Crippen MR) is 84.0 cm³/mol. The Kier molecular flexibility index (Phi) is 4.74. The SMILES string of the molecule is CCOC(=O)C1CCN(C(=O)OC(C)(C)C)c2ccccc21. The second-order valence-electron chi connectivity index (χ2n) is 6.28. The number of nitrogens with zero attached hydrogens (tertiary/aromatic N) is 1. The van der Waals surface area contributed by atoms with E-state index in [9.17, 15) is 9.59 Å². The van der Waals surface area contributed by atoms with E-state index < -0.39 is 5.60 Å². The Morgan fingerprint density at radius 3 is 2.59 bits per heavy atom. The van der Waals surface area contributed by atoms with Gasteiger partial charge in [0.05, 0.1) is 18.2 Å². The van der Waals surface area contributed by atoms with Gasteiger partial charge in [-0.15, -0.1) is 0 Å². The summed E-state index contributed by atoms with van der Waals surface area (Å²) in [6.07, 6.45) is 0.150. The summed E-state index contributed by atoms with van der Waals surface area (Å²) in [7, 11) is 0. The van der Waals surface area contributed by atoms with E-state index in [1.807, 2.05) is 45.0 Å². The van der Waals surface area contributed by atoms with Crippen molar-refractivity contribution < 1.29 is 19.1 Å². The van der Waals surface area contributed by atoms with Crippen LogP contribution < -0.4 is 4.90 Å². The van der Waals surface area contributed by atoms with Crippen molar-refractivity contribution >= 4 is 17.7 Å². The molecule has 0 aromatic heterocycles. The van der Waals surface area contributed by atoms with Gasteiger partial charge >= 0.3 is 12.1 Å². The molecule has 120 valence electrons. The number of ether oxygens (including phenoxy) is 2. The molecular formula is C17H23NO4. The molecule has 0 radical (unpaired) electrons. The number of carbonyl (C=O) groups is 2. The van der Waals surface area contributed by atoms with Crippen molar-refractivity contribution in [3.63, 3.8) is 0 Å². The van der Waals surface area contributed by atoms with E-state index in [2.05, 4.69) is 0 Å². The average Bonchev–Trinajstić information content (AvgIpc) is 2.44. The highest BCUT2D eigenvalue weighted by Gasteiger charge is 2.34. The summed E-state index contributed by atoms with van der Waals surface area (Å²) in [5, 5.41) is 0. The third kappa shape index (κ3) is 3.59. The minimum Gasteiger partial charge on any atom is -0.466 e. The van der Waals surface area contributed by atoms with Crippen LogP contribution in [0.1, 0.15) is 45.6 Å². The number of benzene rings is 1. The molecule has 1 amide bonds. The summed E-state index contributed by atoms with van der Waals surface area (Å²) in [5.41, 5.74) is 0.989. The van der Waals surface area contributed by atoms with Crippen LogP contribution in [0.25, 0.3) is 0 Å². The van der Waals surface area contributed by atoms with Crippen molar-refractivity contribution in [1.29, 1.82) is 0 Å². The van der Waals surface area contributed by atoms with Gasteiger partial charge < -0.3 is 9.47 Å². The van der Waals surface area contributed by atoms with Crippen LogP contribution >= 0.6 is 0 Å². The third-order valence-corrected chi connectivity index (χ3v) is 3.43. The maximum absolute atomic E-state index is 12.4. The molecule has 2 rings (SSSR count). The molecule has 0 bridgehead atoms. The van der Waals surface area contributed by atoms with Crippen LogP contribution in [-0.2, 0) is 14.3 Å². The number of carbonyl (C=O) groups excluding carboxylic acids is 2. The van der Waals surface area contributed by atoms with Gasteiger partial charge in [-0.1, -0.05) is 18.2 Å². The molecule has 0 spiro atoms. The lowest BCUT2D eigenvalue weighted by atomic mass is 9.90. The molecule has 1 aromatic rings. The average molecular weight is 305 g/mol. The second-order valence-corrected chi connectivity index (χ2v) is 6.28. The third-order valence-electron chi connectivity index (χ3n) is 3.43. The number of para-hydroxylation sites is 1. The fraction of sp³-hybridized carbons (Fsp3) is 0.529. The highest BCUT2D eigenvalue weighted by molar-refractivity contribution is 5.92. The fourth-order valence-corrected chi connectivity index (χ4v) is 2.56. The lowest BCUT2D eigenvalue weighted by Crippen LogP contribution is -2.41. The van der Waals surface area contributed by atoms with Gasteiger partial charge in [0.15, 0.2) is 0 Å². The molecule has 1 aliphatic heterocycles. The van der Waals surface area contributed by atoms with Crippen molar-refractivity contribution in [2.75, 3.05) is 18.1 Å².